The van der Waals surface area contributed by atoms with Gasteiger partial charge >= 0.3 is 12.0 Å². The highest BCUT2D eigenvalue weighted by Crippen LogP contribution is 2.28. The van der Waals surface area contributed by atoms with Crippen molar-refractivity contribution in [1.29, 1.82) is 5.26 Å². The van der Waals surface area contributed by atoms with Crippen LogP contribution in [0.25, 0.3) is 16.9 Å². The minimum atomic E-state index is -4.97. The molecular weight excluding hydrogens is 361 g/mol. The number of rotatable bonds is 2. The van der Waals surface area contributed by atoms with Crippen molar-refractivity contribution in [3.05, 3.63) is 74.7 Å². The van der Waals surface area contributed by atoms with Gasteiger partial charge in [0.25, 0.3) is 5.56 Å². The lowest BCUT2D eigenvalue weighted by Crippen LogP contribution is -2.44. The van der Waals surface area contributed by atoms with E-state index in [4.69, 9.17) is 5.26 Å². The van der Waals surface area contributed by atoms with Gasteiger partial charge in [-0.2, -0.15) is 5.26 Å². The molecule has 0 unspecified atom stereocenters. The van der Waals surface area contributed by atoms with Crippen LogP contribution in [0.3, 0.4) is 0 Å². The van der Waals surface area contributed by atoms with E-state index in [1.165, 1.54) is 10.6 Å². The number of halogens is 3. The Morgan fingerprint density at radius 1 is 1.07 bits per heavy atom. The fourth-order valence-electron chi connectivity index (χ4n) is 2.91. The highest BCUT2D eigenvalue weighted by Gasteiger charge is 2.36. The summed E-state index contributed by atoms with van der Waals surface area (Å²) in [5.74, 6) is 0. The third kappa shape index (κ3) is 2.95. The maximum atomic E-state index is 13.4. The summed E-state index contributed by atoms with van der Waals surface area (Å²) in [7, 11) is 1.00. The lowest BCUT2D eigenvalue weighted by molar-refractivity contribution is -0.208. The van der Waals surface area contributed by atoms with Crippen LogP contribution in [0, 0.1) is 18.3 Å². The van der Waals surface area contributed by atoms with Gasteiger partial charge in [0.1, 0.15) is 0 Å². The Bertz CT molecular complexity index is 1180. The Balaban J connectivity index is 2.33. The number of hydrogen-bond acceptors (Lipinski definition) is 3. The lowest BCUT2D eigenvalue weighted by atomic mass is 10.1. The highest BCUT2D eigenvalue weighted by molar-refractivity contribution is 5.64. The van der Waals surface area contributed by atoms with Crippen LogP contribution in [-0.4, -0.2) is 13.7 Å². The van der Waals surface area contributed by atoms with Crippen LogP contribution < -0.4 is 11.2 Å². The fraction of sp³-hybridized carbons (Fsp3) is 0.167. The van der Waals surface area contributed by atoms with E-state index >= 15 is 0 Å². The first kappa shape index (κ1) is 18.3. The molecule has 0 atom stereocenters. The van der Waals surface area contributed by atoms with Crippen LogP contribution in [0.1, 0.15) is 11.3 Å². The minimum absolute atomic E-state index is 0.204. The van der Waals surface area contributed by atoms with E-state index < -0.39 is 23.2 Å². The molecule has 27 heavy (non-hydrogen) atoms. The molecule has 2 aromatic heterocycles. The maximum absolute atomic E-state index is 13.4. The standard InChI is InChI=1S/C18H13F3N4O2/c1-11-15(16(26)23(2)17(27)25(11)18(19,20)21)14-4-3-9-24(14)13-7-5-12(10-22)6-8-13/h3-9H,1-2H3. The van der Waals surface area contributed by atoms with Gasteiger partial charge in [-0.3, -0.25) is 9.36 Å². The average molecular weight is 374 g/mol. The third-order valence-electron chi connectivity index (χ3n) is 4.23. The van der Waals surface area contributed by atoms with E-state index in [-0.39, 0.29) is 15.8 Å². The average Bonchev–Trinajstić information content (AvgIpc) is 3.08. The maximum Gasteiger partial charge on any atom is 0.492 e. The van der Waals surface area contributed by atoms with Gasteiger partial charge in [-0.1, -0.05) is 0 Å². The molecule has 0 fully saturated rings. The van der Waals surface area contributed by atoms with Crippen molar-refractivity contribution in [2.24, 2.45) is 7.05 Å². The van der Waals surface area contributed by atoms with Gasteiger partial charge in [0.05, 0.1) is 22.9 Å². The molecule has 0 aliphatic heterocycles. The molecule has 0 radical (unpaired) electrons. The molecular formula is C18H13F3N4O2. The quantitative estimate of drug-likeness (QED) is 0.692. The summed E-state index contributed by atoms with van der Waals surface area (Å²) in [4.78, 5) is 24.6. The van der Waals surface area contributed by atoms with Gasteiger partial charge in [0.15, 0.2) is 0 Å². The van der Waals surface area contributed by atoms with E-state index in [0.717, 1.165) is 14.0 Å². The molecule has 2 heterocycles. The molecule has 0 amide bonds. The lowest BCUT2D eigenvalue weighted by Gasteiger charge is -2.18. The minimum Gasteiger partial charge on any atom is -0.316 e. The summed E-state index contributed by atoms with van der Waals surface area (Å²) < 4.78 is 41.7. The zero-order valence-corrected chi connectivity index (χ0v) is 14.3. The summed E-state index contributed by atoms with van der Waals surface area (Å²) >= 11 is 0. The first-order valence-electron chi connectivity index (χ1n) is 7.75. The molecule has 0 saturated carbocycles. The van der Waals surface area contributed by atoms with Crippen molar-refractivity contribution < 1.29 is 13.2 Å². The van der Waals surface area contributed by atoms with Gasteiger partial charge < -0.3 is 4.57 Å². The van der Waals surface area contributed by atoms with Gasteiger partial charge in [0, 0.05) is 24.6 Å². The van der Waals surface area contributed by atoms with E-state index in [1.54, 1.807) is 36.5 Å². The van der Waals surface area contributed by atoms with Crippen molar-refractivity contribution in [3.8, 4) is 23.0 Å². The van der Waals surface area contributed by atoms with Crippen LogP contribution in [0.5, 0.6) is 0 Å². The molecule has 3 aromatic rings. The van der Waals surface area contributed by atoms with Crippen LogP contribution in [-0.2, 0) is 13.3 Å². The Kier molecular flexibility index (Phi) is 4.27. The molecule has 6 nitrogen and oxygen atoms in total. The summed E-state index contributed by atoms with van der Waals surface area (Å²) in [6.07, 6.45) is -3.38. The van der Waals surface area contributed by atoms with Crippen LogP contribution in [0.4, 0.5) is 13.2 Å². The zero-order chi connectivity index (χ0) is 19.9. The predicted molar refractivity (Wildman–Crippen MR) is 91.5 cm³/mol. The molecule has 0 aliphatic carbocycles. The second kappa shape index (κ2) is 6.32. The van der Waals surface area contributed by atoms with Crippen molar-refractivity contribution in [3.63, 3.8) is 0 Å². The molecule has 0 bridgehead atoms. The third-order valence-corrected chi connectivity index (χ3v) is 4.23. The monoisotopic (exact) mass is 374 g/mol. The van der Waals surface area contributed by atoms with Crippen molar-refractivity contribution in [1.82, 2.24) is 13.7 Å². The number of aromatic nitrogens is 3. The van der Waals surface area contributed by atoms with Crippen LogP contribution in [0.2, 0.25) is 0 Å². The molecule has 1 aromatic carbocycles. The van der Waals surface area contributed by atoms with E-state index in [1.807, 2.05) is 6.07 Å². The molecule has 0 saturated heterocycles. The van der Waals surface area contributed by atoms with E-state index in [0.29, 0.717) is 15.8 Å². The summed E-state index contributed by atoms with van der Waals surface area (Å²) in [5.41, 5.74) is -1.83. The second-order valence-electron chi connectivity index (χ2n) is 5.83. The smallest absolute Gasteiger partial charge is 0.316 e. The molecule has 138 valence electrons. The molecule has 9 heteroatoms. The van der Waals surface area contributed by atoms with Gasteiger partial charge in [-0.15, -0.1) is 13.2 Å². The number of nitriles is 1. The fourth-order valence-corrected chi connectivity index (χ4v) is 2.91. The van der Waals surface area contributed by atoms with Crippen molar-refractivity contribution in [2.45, 2.75) is 13.2 Å². The Labute approximate surface area is 150 Å². The van der Waals surface area contributed by atoms with E-state index in [9.17, 15) is 22.8 Å². The predicted octanol–water partition coefficient (Wildman–Crippen LogP) is 2.66. The summed E-state index contributed by atoms with van der Waals surface area (Å²) in [6.45, 7) is 1.09. The largest absolute Gasteiger partial charge is 0.492 e. The van der Waals surface area contributed by atoms with Crippen LogP contribution in [0.15, 0.2) is 52.2 Å². The Hall–Kier alpha value is -3.54. The zero-order valence-electron chi connectivity index (χ0n) is 14.3. The van der Waals surface area contributed by atoms with Crippen LogP contribution >= 0.6 is 0 Å². The SMILES string of the molecule is Cc1c(-c2cccn2-c2ccc(C#N)cc2)c(=O)n(C)c(=O)n1C(F)(F)F. The molecule has 0 spiro atoms. The van der Waals surface area contributed by atoms with Gasteiger partial charge in [0.2, 0.25) is 0 Å². The molecule has 0 N–H and O–H groups in total. The topological polar surface area (TPSA) is 72.7 Å². The first-order chi connectivity index (χ1) is 12.7. The molecule has 3 rings (SSSR count). The summed E-state index contributed by atoms with van der Waals surface area (Å²) in [5, 5.41) is 8.89. The number of benzene rings is 1. The van der Waals surface area contributed by atoms with Crippen molar-refractivity contribution in [2.75, 3.05) is 0 Å². The van der Waals surface area contributed by atoms with Gasteiger partial charge in [-0.05, 0) is 43.3 Å². The normalized spacial score (nSPS) is 11.4. The Morgan fingerprint density at radius 3 is 2.26 bits per heavy atom. The summed E-state index contributed by atoms with van der Waals surface area (Å²) in [6, 6.07) is 11.4. The second-order valence-corrected chi connectivity index (χ2v) is 5.83. The van der Waals surface area contributed by atoms with E-state index in [2.05, 4.69) is 0 Å². The Morgan fingerprint density at radius 2 is 1.70 bits per heavy atom. The molecule has 0 aliphatic rings. The van der Waals surface area contributed by atoms with Crippen molar-refractivity contribution >= 4 is 0 Å². The van der Waals surface area contributed by atoms with Gasteiger partial charge in [-0.25, -0.2) is 9.36 Å². The number of nitrogens with zero attached hydrogens (tertiary/aromatic N) is 4. The number of alkyl halides is 3. The first-order valence-corrected chi connectivity index (χ1v) is 7.75. The number of hydrogen-bond donors (Lipinski definition) is 0. The highest BCUT2D eigenvalue weighted by atomic mass is 19.4.